The number of aryl methyl sites for hydroxylation is 1. The van der Waals surface area contributed by atoms with Crippen molar-refractivity contribution in [3.8, 4) is 5.75 Å². The van der Waals surface area contributed by atoms with Crippen molar-refractivity contribution in [1.29, 1.82) is 0 Å². The molecule has 1 aliphatic rings. The Morgan fingerprint density at radius 1 is 1.15 bits per heavy atom. The summed E-state index contributed by atoms with van der Waals surface area (Å²) in [5.41, 5.74) is 1.57. The maximum absolute atomic E-state index is 13.2. The van der Waals surface area contributed by atoms with Gasteiger partial charge in [-0.15, -0.1) is 0 Å². The van der Waals surface area contributed by atoms with E-state index in [-0.39, 0.29) is 23.9 Å². The van der Waals surface area contributed by atoms with Crippen molar-refractivity contribution in [2.45, 2.75) is 24.8 Å². The first kappa shape index (κ1) is 18.4. The number of nitrogens with one attached hydrogen (secondary N) is 1. The van der Waals surface area contributed by atoms with Gasteiger partial charge in [-0.05, 0) is 49.2 Å². The molecule has 0 saturated carbocycles. The molecule has 1 aliphatic heterocycles. The third kappa shape index (κ3) is 3.45. The first-order valence-electron chi connectivity index (χ1n) is 8.53. The quantitative estimate of drug-likeness (QED) is 0.871. The molecule has 3 rings (SSSR count). The summed E-state index contributed by atoms with van der Waals surface area (Å²) >= 11 is 0. The number of rotatable bonds is 5. The molecule has 0 aromatic heterocycles. The molecule has 0 aliphatic carbocycles. The zero-order valence-electron chi connectivity index (χ0n) is 14.8. The van der Waals surface area contributed by atoms with E-state index >= 15 is 0 Å². The molecular weight excluding hydrogens is 352 g/mol. The number of carbonyl (C=O) groups is 1. The molecule has 1 fully saturated rings. The number of benzene rings is 2. The minimum absolute atomic E-state index is 0.147. The van der Waals surface area contributed by atoms with Gasteiger partial charge in [0.15, 0.2) is 0 Å². The number of carbonyl (C=O) groups excluding carboxylic acids is 1. The van der Waals surface area contributed by atoms with E-state index in [1.54, 1.807) is 18.2 Å². The highest BCUT2D eigenvalue weighted by atomic mass is 32.2. The monoisotopic (exact) mass is 374 g/mol. The minimum Gasteiger partial charge on any atom is -0.494 e. The van der Waals surface area contributed by atoms with Crippen LogP contribution in [0, 0.1) is 6.92 Å². The Bertz CT molecular complexity index is 894. The molecule has 0 spiro atoms. The van der Waals surface area contributed by atoms with Crippen LogP contribution < -0.4 is 10.1 Å². The standard InChI is InChI=1S/C19H22N2O4S/c1-3-25-15-8-10-16(11-9-15)26(23,24)21-13-12-20-19(22)18(21)17-7-5-4-6-14(17)2/h4-11,18H,3,12-13H2,1-2H3,(H,20,22). The zero-order valence-corrected chi connectivity index (χ0v) is 15.6. The normalized spacial score (nSPS) is 18.4. The van der Waals surface area contributed by atoms with E-state index in [2.05, 4.69) is 5.32 Å². The van der Waals surface area contributed by atoms with E-state index < -0.39 is 16.1 Å². The second kappa shape index (κ2) is 7.47. The summed E-state index contributed by atoms with van der Waals surface area (Å²) in [5, 5.41) is 2.77. The van der Waals surface area contributed by atoms with Crippen LogP contribution in [0.3, 0.4) is 0 Å². The van der Waals surface area contributed by atoms with Crippen molar-refractivity contribution in [2.24, 2.45) is 0 Å². The lowest BCUT2D eigenvalue weighted by molar-refractivity contribution is -0.126. The lowest BCUT2D eigenvalue weighted by atomic mass is 9.99. The number of sulfonamides is 1. The van der Waals surface area contributed by atoms with Crippen molar-refractivity contribution in [1.82, 2.24) is 9.62 Å². The second-order valence-electron chi connectivity index (χ2n) is 6.07. The van der Waals surface area contributed by atoms with Crippen LogP contribution in [0.2, 0.25) is 0 Å². The Labute approximate surface area is 153 Å². The smallest absolute Gasteiger partial charge is 0.244 e. The number of hydrogen-bond acceptors (Lipinski definition) is 4. The predicted molar refractivity (Wildman–Crippen MR) is 98.4 cm³/mol. The SMILES string of the molecule is CCOc1ccc(S(=O)(=O)N2CCNC(=O)C2c2ccccc2C)cc1. The topological polar surface area (TPSA) is 75.7 Å². The Morgan fingerprint density at radius 2 is 1.85 bits per heavy atom. The van der Waals surface area contributed by atoms with Crippen LogP contribution >= 0.6 is 0 Å². The Morgan fingerprint density at radius 3 is 2.50 bits per heavy atom. The fraction of sp³-hybridized carbons (Fsp3) is 0.316. The van der Waals surface area contributed by atoms with Crippen LogP contribution in [0.5, 0.6) is 5.75 Å². The Balaban J connectivity index is 2.01. The van der Waals surface area contributed by atoms with Gasteiger partial charge in [0.2, 0.25) is 15.9 Å². The third-order valence-electron chi connectivity index (χ3n) is 4.39. The largest absolute Gasteiger partial charge is 0.494 e. The van der Waals surface area contributed by atoms with Gasteiger partial charge < -0.3 is 10.1 Å². The van der Waals surface area contributed by atoms with Crippen LogP contribution in [0.15, 0.2) is 53.4 Å². The number of ether oxygens (including phenoxy) is 1. The van der Waals surface area contributed by atoms with Gasteiger partial charge in [-0.25, -0.2) is 8.42 Å². The Kier molecular flexibility index (Phi) is 5.29. The second-order valence-corrected chi connectivity index (χ2v) is 7.96. The highest BCUT2D eigenvalue weighted by Crippen LogP contribution is 2.31. The number of amides is 1. The summed E-state index contributed by atoms with van der Waals surface area (Å²) in [6, 6.07) is 12.8. The molecule has 1 unspecified atom stereocenters. The van der Waals surface area contributed by atoms with Gasteiger partial charge in [-0.3, -0.25) is 4.79 Å². The summed E-state index contributed by atoms with van der Waals surface area (Å²) in [6.07, 6.45) is 0. The fourth-order valence-electron chi connectivity index (χ4n) is 3.10. The molecule has 7 heteroatoms. The van der Waals surface area contributed by atoms with E-state index in [0.717, 1.165) is 5.56 Å². The van der Waals surface area contributed by atoms with Gasteiger partial charge in [0.05, 0.1) is 11.5 Å². The Hall–Kier alpha value is -2.38. The van der Waals surface area contributed by atoms with Gasteiger partial charge in [-0.2, -0.15) is 4.31 Å². The molecule has 1 amide bonds. The molecular formula is C19H22N2O4S. The van der Waals surface area contributed by atoms with Gasteiger partial charge in [0, 0.05) is 13.1 Å². The fourth-order valence-corrected chi connectivity index (χ4v) is 4.67. The third-order valence-corrected chi connectivity index (χ3v) is 6.27. The molecule has 0 bridgehead atoms. The molecule has 138 valence electrons. The van der Waals surface area contributed by atoms with E-state index in [9.17, 15) is 13.2 Å². The first-order valence-corrected chi connectivity index (χ1v) is 9.97. The first-order chi connectivity index (χ1) is 12.4. The molecule has 1 heterocycles. The zero-order chi connectivity index (χ0) is 18.7. The molecule has 1 saturated heterocycles. The van der Waals surface area contributed by atoms with Crippen LogP contribution in [0.4, 0.5) is 0 Å². The summed E-state index contributed by atoms with van der Waals surface area (Å²) in [7, 11) is -3.82. The van der Waals surface area contributed by atoms with Crippen molar-refractivity contribution in [2.75, 3.05) is 19.7 Å². The average molecular weight is 374 g/mol. The average Bonchev–Trinajstić information content (AvgIpc) is 2.63. The maximum Gasteiger partial charge on any atom is 0.244 e. The van der Waals surface area contributed by atoms with E-state index in [1.165, 1.54) is 16.4 Å². The molecule has 2 aromatic carbocycles. The van der Waals surface area contributed by atoms with Crippen LogP contribution in [-0.4, -0.2) is 38.3 Å². The molecule has 0 radical (unpaired) electrons. The van der Waals surface area contributed by atoms with Gasteiger partial charge >= 0.3 is 0 Å². The maximum atomic E-state index is 13.2. The van der Waals surface area contributed by atoms with Crippen LogP contribution in [-0.2, 0) is 14.8 Å². The molecule has 26 heavy (non-hydrogen) atoms. The number of piperazine rings is 1. The molecule has 1 atom stereocenters. The highest BCUT2D eigenvalue weighted by molar-refractivity contribution is 7.89. The van der Waals surface area contributed by atoms with Crippen LogP contribution in [0.25, 0.3) is 0 Å². The summed E-state index contributed by atoms with van der Waals surface area (Å²) in [6.45, 7) is 4.76. The lowest BCUT2D eigenvalue weighted by Crippen LogP contribution is -2.52. The number of hydrogen-bond donors (Lipinski definition) is 1. The van der Waals surface area contributed by atoms with Gasteiger partial charge in [0.25, 0.3) is 0 Å². The number of nitrogens with zero attached hydrogens (tertiary/aromatic N) is 1. The van der Waals surface area contributed by atoms with Gasteiger partial charge in [0.1, 0.15) is 11.8 Å². The van der Waals surface area contributed by atoms with Crippen molar-refractivity contribution >= 4 is 15.9 Å². The van der Waals surface area contributed by atoms with Crippen LogP contribution in [0.1, 0.15) is 24.1 Å². The summed E-state index contributed by atoms with van der Waals surface area (Å²) in [4.78, 5) is 12.7. The van der Waals surface area contributed by atoms with Crippen molar-refractivity contribution in [3.63, 3.8) is 0 Å². The van der Waals surface area contributed by atoms with Crippen molar-refractivity contribution < 1.29 is 17.9 Å². The molecule has 6 nitrogen and oxygen atoms in total. The predicted octanol–water partition coefficient (Wildman–Crippen LogP) is 2.26. The van der Waals surface area contributed by atoms with Gasteiger partial charge in [-0.1, -0.05) is 24.3 Å². The van der Waals surface area contributed by atoms with E-state index in [1.807, 2.05) is 32.0 Å². The lowest BCUT2D eigenvalue weighted by Gasteiger charge is -2.35. The minimum atomic E-state index is -3.82. The molecule has 1 N–H and O–H groups in total. The van der Waals surface area contributed by atoms with Crippen molar-refractivity contribution in [3.05, 3.63) is 59.7 Å². The van der Waals surface area contributed by atoms with E-state index in [4.69, 9.17) is 4.74 Å². The summed E-state index contributed by atoms with van der Waals surface area (Å²) in [5.74, 6) is 0.304. The highest BCUT2D eigenvalue weighted by Gasteiger charge is 2.40. The summed E-state index contributed by atoms with van der Waals surface area (Å²) < 4.78 is 33.1. The molecule has 2 aromatic rings. The van der Waals surface area contributed by atoms with E-state index in [0.29, 0.717) is 17.9 Å².